The Morgan fingerprint density at radius 2 is 1.44 bits per heavy atom. The molecule has 0 aliphatic carbocycles. The Morgan fingerprint density at radius 3 is 1.96 bits per heavy atom. The van der Waals surface area contributed by atoms with E-state index >= 15 is 0 Å². The number of anilines is 3. The number of hydrogen-bond donors (Lipinski definition) is 4. The van der Waals surface area contributed by atoms with Gasteiger partial charge in [0.05, 0.1) is 5.69 Å². The van der Waals surface area contributed by atoms with Crippen LogP contribution in [0.15, 0.2) is 36.4 Å². The van der Waals surface area contributed by atoms with Gasteiger partial charge in [0.15, 0.2) is 0 Å². The van der Waals surface area contributed by atoms with Crippen LogP contribution in [0.25, 0.3) is 0 Å². The molecule has 0 aliphatic rings. The molecule has 0 radical (unpaired) electrons. The van der Waals surface area contributed by atoms with E-state index in [0.29, 0.717) is 16.4 Å². The van der Waals surface area contributed by atoms with Crippen LogP contribution in [0.5, 0.6) is 5.75 Å². The van der Waals surface area contributed by atoms with Crippen molar-refractivity contribution in [2.45, 2.75) is 13.8 Å². The SMILES string of the molecule is CC(=O)Nc1cc(NC(C)=O)cc(C(=O)Nc2cc(Cl)ccc2O)c1. The van der Waals surface area contributed by atoms with Gasteiger partial charge in [-0.05, 0) is 36.4 Å². The van der Waals surface area contributed by atoms with Crippen LogP contribution in [0.1, 0.15) is 24.2 Å². The molecule has 2 aromatic carbocycles. The number of hydrogen-bond acceptors (Lipinski definition) is 4. The number of phenolic OH excluding ortho intramolecular Hbond substituents is 1. The zero-order chi connectivity index (χ0) is 18.6. The minimum Gasteiger partial charge on any atom is -0.506 e. The molecule has 0 spiro atoms. The Labute approximate surface area is 149 Å². The summed E-state index contributed by atoms with van der Waals surface area (Å²) < 4.78 is 0. The highest BCUT2D eigenvalue weighted by molar-refractivity contribution is 6.31. The molecule has 7 nitrogen and oxygen atoms in total. The molecule has 0 heterocycles. The average molecular weight is 362 g/mol. The third-order valence-corrected chi connectivity index (χ3v) is 3.28. The van der Waals surface area contributed by atoms with E-state index in [1.54, 1.807) is 0 Å². The molecule has 0 saturated heterocycles. The molecule has 0 unspecified atom stereocenters. The summed E-state index contributed by atoms with van der Waals surface area (Å²) in [5.41, 5.74) is 1.01. The van der Waals surface area contributed by atoms with Gasteiger partial charge in [-0.1, -0.05) is 11.6 Å². The second-order valence-electron chi connectivity index (χ2n) is 5.28. The van der Waals surface area contributed by atoms with Crippen molar-refractivity contribution in [1.29, 1.82) is 0 Å². The molecule has 25 heavy (non-hydrogen) atoms. The Balaban J connectivity index is 2.34. The fourth-order valence-corrected chi connectivity index (χ4v) is 2.28. The first kappa shape index (κ1) is 18.3. The largest absolute Gasteiger partial charge is 0.506 e. The van der Waals surface area contributed by atoms with Gasteiger partial charge in [0.1, 0.15) is 5.75 Å². The van der Waals surface area contributed by atoms with E-state index in [2.05, 4.69) is 16.0 Å². The van der Waals surface area contributed by atoms with Crippen molar-refractivity contribution in [3.05, 3.63) is 47.0 Å². The smallest absolute Gasteiger partial charge is 0.255 e. The van der Waals surface area contributed by atoms with Gasteiger partial charge in [-0.15, -0.1) is 0 Å². The highest BCUT2D eigenvalue weighted by atomic mass is 35.5. The lowest BCUT2D eigenvalue weighted by molar-refractivity contribution is -0.115. The van der Waals surface area contributed by atoms with Gasteiger partial charge >= 0.3 is 0 Å². The monoisotopic (exact) mass is 361 g/mol. The second kappa shape index (κ2) is 7.67. The molecule has 3 amide bonds. The topological polar surface area (TPSA) is 108 Å². The molecule has 0 aromatic heterocycles. The summed E-state index contributed by atoms with van der Waals surface area (Å²) in [6.07, 6.45) is 0. The number of halogens is 1. The molecular weight excluding hydrogens is 346 g/mol. The maximum Gasteiger partial charge on any atom is 0.255 e. The molecule has 2 rings (SSSR count). The van der Waals surface area contributed by atoms with Crippen LogP contribution in [0, 0.1) is 0 Å². The van der Waals surface area contributed by atoms with Gasteiger partial charge < -0.3 is 21.1 Å². The third-order valence-electron chi connectivity index (χ3n) is 3.04. The molecule has 0 fully saturated rings. The summed E-state index contributed by atoms with van der Waals surface area (Å²) in [7, 11) is 0. The van der Waals surface area contributed by atoms with E-state index in [0.717, 1.165) is 0 Å². The summed E-state index contributed by atoms with van der Waals surface area (Å²) in [6, 6.07) is 8.66. The zero-order valence-corrected chi connectivity index (χ0v) is 14.3. The zero-order valence-electron chi connectivity index (χ0n) is 13.5. The van der Waals surface area contributed by atoms with Crippen molar-refractivity contribution in [3.8, 4) is 5.75 Å². The van der Waals surface area contributed by atoms with Gasteiger partial charge in [0.25, 0.3) is 5.91 Å². The molecule has 4 N–H and O–H groups in total. The van der Waals surface area contributed by atoms with Crippen molar-refractivity contribution >= 4 is 46.4 Å². The van der Waals surface area contributed by atoms with Crippen molar-refractivity contribution in [3.63, 3.8) is 0 Å². The number of rotatable bonds is 4. The lowest BCUT2D eigenvalue weighted by Crippen LogP contribution is -2.15. The van der Waals surface area contributed by atoms with Gasteiger partial charge in [0, 0.05) is 35.8 Å². The molecular formula is C17H16ClN3O4. The number of amides is 3. The summed E-state index contributed by atoms with van der Waals surface area (Å²) in [5, 5.41) is 17.8. The number of aromatic hydroxyl groups is 1. The second-order valence-corrected chi connectivity index (χ2v) is 5.71. The van der Waals surface area contributed by atoms with E-state index in [-0.39, 0.29) is 28.8 Å². The number of benzene rings is 2. The lowest BCUT2D eigenvalue weighted by Gasteiger charge is -2.12. The van der Waals surface area contributed by atoms with Crippen LogP contribution in [0.4, 0.5) is 17.1 Å². The predicted octanol–water partition coefficient (Wildman–Crippen LogP) is 3.21. The number of carbonyl (C=O) groups is 3. The van der Waals surface area contributed by atoms with E-state index < -0.39 is 5.91 Å². The standard InChI is InChI=1S/C17H16ClN3O4/c1-9(22)19-13-5-11(6-14(8-13)20-10(2)23)17(25)21-15-7-12(18)3-4-16(15)24/h3-8,24H,1-2H3,(H,19,22)(H,20,23)(H,21,25). The van der Waals surface area contributed by atoms with Gasteiger partial charge in [0.2, 0.25) is 11.8 Å². The minimum absolute atomic E-state index is 0.141. The first-order chi connectivity index (χ1) is 11.7. The normalized spacial score (nSPS) is 10.0. The summed E-state index contributed by atoms with van der Waals surface area (Å²) in [6.45, 7) is 2.66. The third kappa shape index (κ3) is 5.22. The van der Waals surface area contributed by atoms with E-state index in [1.165, 1.54) is 50.2 Å². The maximum absolute atomic E-state index is 12.5. The highest BCUT2D eigenvalue weighted by Crippen LogP contribution is 2.28. The van der Waals surface area contributed by atoms with Crippen molar-refractivity contribution in [2.75, 3.05) is 16.0 Å². The molecule has 0 saturated carbocycles. The van der Waals surface area contributed by atoms with Crippen LogP contribution < -0.4 is 16.0 Å². The lowest BCUT2D eigenvalue weighted by atomic mass is 10.1. The molecule has 130 valence electrons. The van der Waals surface area contributed by atoms with Gasteiger partial charge in [-0.25, -0.2) is 0 Å². The molecule has 8 heteroatoms. The highest BCUT2D eigenvalue weighted by Gasteiger charge is 2.13. The van der Waals surface area contributed by atoms with Crippen LogP contribution in [0.2, 0.25) is 5.02 Å². The Hall–Kier alpha value is -3.06. The van der Waals surface area contributed by atoms with Crippen molar-refractivity contribution < 1.29 is 19.5 Å². The number of carbonyl (C=O) groups excluding carboxylic acids is 3. The quantitative estimate of drug-likeness (QED) is 0.627. The number of phenols is 1. The van der Waals surface area contributed by atoms with Crippen LogP contribution >= 0.6 is 11.6 Å². The van der Waals surface area contributed by atoms with E-state index in [1.807, 2.05) is 0 Å². The average Bonchev–Trinajstić information content (AvgIpc) is 2.49. The van der Waals surface area contributed by atoms with Crippen LogP contribution in [-0.2, 0) is 9.59 Å². The Kier molecular flexibility index (Phi) is 5.61. The van der Waals surface area contributed by atoms with Gasteiger partial charge in [-0.3, -0.25) is 14.4 Å². The Bertz CT molecular complexity index is 818. The predicted molar refractivity (Wildman–Crippen MR) is 96.1 cm³/mol. The van der Waals surface area contributed by atoms with E-state index in [9.17, 15) is 19.5 Å². The Morgan fingerprint density at radius 1 is 0.880 bits per heavy atom. The number of nitrogens with one attached hydrogen (secondary N) is 3. The summed E-state index contributed by atoms with van der Waals surface area (Å²) >= 11 is 5.85. The van der Waals surface area contributed by atoms with Gasteiger partial charge in [-0.2, -0.15) is 0 Å². The molecule has 0 aliphatic heterocycles. The first-order valence-corrected chi connectivity index (χ1v) is 7.62. The molecule has 2 aromatic rings. The maximum atomic E-state index is 12.5. The minimum atomic E-state index is -0.545. The van der Waals surface area contributed by atoms with E-state index in [4.69, 9.17) is 11.6 Å². The fraction of sp³-hybridized carbons (Fsp3) is 0.118. The summed E-state index contributed by atoms with van der Waals surface area (Å²) in [4.78, 5) is 35.0. The van der Waals surface area contributed by atoms with Crippen LogP contribution in [-0.4, -0.2) is 22.8 Å². The first-order valence-electron chi connectivity index (χ1n) is 7.25. The van der Waals surface area contributed by atoms with Crippen LogP contribution in [0.3, 0.4) is 0 Å². The summed E-state index contributed by atoms with van der Waals surface area (Å²) in [5.74, 6) is -1.33. The van der Waals surface area contributed by atoms with Crippen molar-refractivity contribution in [2.24, 2.45) is 0 Å². The fourth-order valence-electron chi connectivity index (χ4n) is 2.11. The van der Waals surface area contributed by atoms with Crippen molar-refractivity contribution in [1.82, 2.24) is 0 Å². The molecule has 0 bridgehead atoms. The molecule has 0 atom stereocenters.